The second-order valence-corrected chi connectivity index (χ2v) is 9.29. The van der Waals surface area contributed by atoms with Gasteiger partial charge in [0, 0.05) is 11.7 Å². The van der Waals surface area contributed by atoms with Crippen molar-refractivity contribution in [2.24, 2.45) is 0 Å². The van der Waals surface area contributed by atoms with E-state index in [1.54, 1.807) is 24.3 Å². The molecule has 37 heavy (non-hydrogen) atoms. The van der Waals surface area contributed by atoms with E-state index in [1.165, 1.54) is 32.5 Å². The minimum atomic E-state index is -1.03. The third kappa shape index (κ3) is 5.43. The quantitative estimate of drug-likeness (QED) is 0.420. The largest absolute Gasteiger partial charge is 0.493 e. The molecule has 8 heteroatoms. The number of hydrogen-bond acceptors (Lipinski definition) is 6. The van der Waals surface area contributed by atoms with Gasteiger partial charge >= 0.3 is 0 Å². The van der Waals surface area contributed by atoms with Crippen molar-refractivity contribution in [3.05, 3.63) is 71.2 Å². The monoisotopic (exact) mass is 506 g/mol. The zero-order chi connectivity index (χ0) is 26.5. The van der Waals surface area contributed by atoms with E-state index in [0.717, 1.165) is 36.8 Å². The maximum atomic E-state index is 14.1. The lowest BCUT2D eigenvalue weighted by molar-refractivity contribution is -0.123. The SMILES string of the molecule is COc1cc([C@H](C(=O)NC2CCCC2)N(C(=O)c2ccco2)c2cc(C)ccc2C)cc(OC)c1OC. The van der Waals surface area contributed by atoms with E-state index in [9.17, 15) is 9.59 Å². The number of ether oxygens (including phenoxy) is 3. The third-order valence-corrected chi connectivity index (χ3v) is 6.79. The summed E-state index contributed by atoms with van der Waals surface area (Å²) in [4.78, 5) is 29.6. The molecule has 0 saturated heterocycles. The summed E-state index contributed by atoms with van der Waals surface area (Å²) in [6, 6.07) is 11.5. The fraction of sp³-hybridized carbons (Fsp3) is 0.379. The van der Waals surface area contributed by atoms with Crippen LogP contribution in [0.15, 0.2) is 53.1 Å². The summed E-state index contributed by atoms with van der Waals surface area (Å²) in [5, 5.41) is 3.19. The van der Waals surface area contributed by atoms with Crippen molar-refractivity contribution in [1.82, 2.24) is 5.32 Å². The molecule has 0 unspecified atom stereocenters. The molecule has 0 radical (unpaired) electrons. The van der Waals surface area contributed by atoms with Gasteiger partial charge in [-0.3, -0.25) is 14.5 Å². The van der Waals surface area contributed by atoms with Crippen molar-refractivity contribution in [2.75, 3.05) is 26.2 Å². The standard InChI is InChI=1S/C29H34N2O6/c1-18-12-13-19(2)22(15-18)31(29(33)23-11-8-14-37-23)26(28(32)30-21-9-6-7-10-21)20-16-24(34-3)27(36-5)25(17-20)35-4/h8,11-17,21,26H,6-7,9-10H2,1-5H3,(H,30,32)/t26-/m1/s1. The zero-order valence-electron chi connectivity index (χ0n) is 22.0. The van der Waals surface area contributed by atoms with Crippen molar-refractivity contribution in [2.45, 2.75) is 51.6 Å². The summed E-state index contributed by atoms with van der Waals surface area (Å²) in [6.45, 7) is 3.86. The first kappa shape index (κ1) is 26.1. The smallest absolute Gasteiger partial charge is 0.294 e. The number of aryl methyl sites for hydroxylation is 2. The number of benzene rings is 2. The van der Waals surface area contributed by atoms with Gasteiger partial charge in [0.25, 0.3) is 5.91 Å². The number of carbonyl (C=O) groups excluding carboxylic acids is 2. The molecule has 1 fully saturated rings. The van der Waals surface area contributed by atoms with Crippen molar-refractivity contribution in [3.8, 4) is 17.2 Å². The Bertz CT molecular complexity index is 1220. The van der Waals surface area contributed by atoms with E-state index >= 15 is 0 Å². The minimum Gasteiger partial charge on any atom is -0.493 e. The number of nitrogens with zero attached hydrogens (tertiary/aromatic N) is 1. The van der Waals surface area contributed by atoms with Gasteiger partial charge in [-0.25, -0.2) is 0 Å². The van der Waals surface area contributed by atoms with Gasteiger partial charge in [-0.1, -0.05) is 25.0 Å². The van der Waals surface area contributed by atoms with Gasteiger partial charge in [-0.2, -0.15) is 0 Å². The molecule has 1 aliphatic carbocycles. The number of methoxy groups -OCH3 is 3. The Morgan fingerprint density at radius 3 is 2.22 bits per heavy atom. The Balaban J connectivity index is 1.94. The van der Waals surface area contributed by atoms with Crippen LogP contribution in [0.5, 0.6) is 17.2 Å². The predicted octanol–water partition coefficient (Wildman–Crippen LogP) is 5.37. The molecule has 0 bridgehead atoms. The fourth-order valence-corrected chi connectivity index (χ4v) is 4.89. The third-order valence-electron chi connectivity index (χ3n) is 6.79. The summed E-state index contributed by atoms with van der Waals surface area (Å²) >= 11 is 0. The average molecular weight is 507 g/mol. The topological polar surface area (TPSA) is 90.2 Å². The summed E-state index contributed by atoms with van der Waals surface area (Å²) in [6.07, 6.45) is 5.38. The van der Waals surface area contributed by atoms with E-state index in [4.69, 9.17) is 18.6 Å². The van der Waals surface area contributed by atoms with Gasteiger partial charge in [0.2, 0.25) is 11.7 Å². The van der Waals surface area contributed by atoms with Crippen LogP contribution in [-0.2, 0) is 4.79 Å². The number of anilines is 1. The highest BCUT2D eigenvalue weighted by Gasteiger charge is 2.37. The van der Waals surface area contributed by atoms with E-state index < -0.39 is 11.9 Å². The van der Waals surface area contributed by atoms with E-state index in [0.29, 0.717) is 28.5 Å². The molecule has 1 saturated carbocycles. The first-order valence-corrected chi connectivity index (χ1v) is 12.4. The molecule has 1 heterocycles. The molecule has 1 aliphatic rings. The average Bonchev–Trinajstić information content (AvgIpc) is 3.62. The molecule has 0 aliphatic heterocycles. The first-order chi connectivity index (χ1) is 17.9. The number of furan rings is 1. The Hall–Kier alpha value is -3.94. The minimum absolute atomic E-state index is 0.0520. The molecule has 0 spiro atoms. The molecular formula is C29H34N2O6. The Morgan fingerprint density at radius 1 is 0.973 bits per heavy atom. The lowest BCUT2D eigenvalue weighted by atomic mass is 9.99. The molecule has 1 aromatic heterocycles. The van der Waals surface area contributed by atoms with Crippen molar-refractivity contribution >= 4 is 17.5 Å². The molecule has 1 atom stereocenters. The van der Waals surface area contributed by atoms with Crippen LogP contribution < -0.4 is 24.4 Å². The Morgan fingerprint density at radius 2 is 1.65 bits per heavy atom. The molecule has 4 rings (SSSR count). The van der Waals surface area contributed by atoms with Gasteiger partial charge in [-0.15, -0.1) is 0 Å². The lowest BCUT2D eigenvalue weighted by Crippen LogP contribution is -2.46. The van der Waals surface area contributed by atoms with Crippen molar-refractivity contribution in [3.63, 3.8) is 0 Å². The molecule has 1 N–H and O–H groups in total. The number of amides is 2. The number of rotatable bonds is 9. The van der Waals surface area contributed by atoms with E-state index in [-0.39, 0.29) is 17.7 Å². The van der Waals surface area contributed by atoms with Gasteiger partial charge in [-0.05, 0) is 73.7 Å². The number of hydrogen-bond donors (Lipinski definition) is 1. The normalized spacial score (nSPS) is 14.2. The van der Waals surface area contributed by atoms with Crippen molar-refractivity contribution < 1.29 is 28.2 Å². The molecule has 2 amide bonds. The van der Waals surface area contributed by atoms with Crippen LogP contribution >= 0.6 is 0 Å². The molecule has 3 aromatic rings. The van der Waals surface area contributed by atoms with Crippen molar-refractivity contribution in [1.29, 1.82) is 0 Å². The van der Waals surface area contributed by atoms with Crippen LogP contribution in [0.3, 0.4) is 0 Å². The molecule has 2 aromatic carbocycles. The van der Waals surface area contributed by atoms with Gasteiger partial charge < -0.3 is 23.9 Å². The highest BCUT2D eigenvalue weighted by molar-refractivity contribution is 6.09. The zero-order valence-corrected chi connectivity index (χ0v) is 22.0. The molecular weight excluding hydrogens is 472 g/mol. The summed E-state index contributed by atoms with van der Waals surface area (Å²) in [5.41, 5.74) is 2.93. The predicted molar refractivity (Wildman–Crippen MR) is 141 cm³/mol. The number of nitrogens with one attached hydrogen (secondary N) is 1. The van der Waals surface area contributed by atoms with Gasteiger partial charge in [0.15, 0.2) is 17.3 Å². The maximum absolute atomic E-state index is 14.1. The van der Waals surface area contributed by atoms with Crippen LogP contribution in [0.4, 0.5) is 5.69 Å². The fourth-order valence-electron chi connectivity index (χ4n) is 4.89. The first-order valence-electron chi connectivity index (χ1n) is 12.4. The second-order valence-electron chi connectivity index (χ2n) is 9.29. The van der Waals surface area contributed by atoms with Gasteiger partial charge in [0.05, 0.1) is 27.6 Å². The number of carbonyl (C=O) groups is 2. The van der Waals surface area contributed by atoms with Crippen LogP contribution in [0.2, 0.25) is 0 Å². The lowest BCUT2D eigenvalue weighted by Gasteiger charge is -2.33. The van der Waals surface area contributed by atoms with Crippen LogP contribution in [0.25, 0.3) is 0 Å². The summed E-state index contributed by atoms with van der Waals surface area (Å²) < 4.78 is 22.2. The van der Waals surface area contributed by atoms with Gasteiger partial charge in [0.1, 0.15) is 6.04 Å². The summed E-state index contributed by atoms with van der Waals surface area (Å²) in [7, 11) is 4.56. The highest BCUT2D eigenvalue weighted by atomic mass is 16.5. The Labute approximate surface area is 217 Å². The van der Waals surface area contributed by atoms with Crippen LogP contribution in [0.1, 0.15) is 59.0 Å². The maximum Gasteiger partial charge on any atom is 0.294 e. The summed E-state index contributed by atoms with van der Waals surface area (Å²) in [5.74, 6) is 0.594. The van der Waals surface area contributed by atoms with E-state index in [1.807, 2.05) is 32.0 Å². The molecule has 196 valence electrons. The van der Waals surface area contributed by atoms with Crippen LogP contribution in [-0.4, -0.2) is 39.2 Å². The second kappa shape index (κ2) is 11.4. The Kier molecular flexibility index (Phi) is 8.06. The highest BCUT2D eigenvalue weighted by Crippen LogP contribution is 2.42. The van der Waals surface area contributed by atoms with Crippen LogP contribution in [0, 0.1) is 13.8 Å². The molecule has 8 nitrogen and oxygen atoms in total. The van der Waals surface area contributed by atoms with E-state index in [2.05, 4.69) is 5.32 Å².